The zero-order valence-electron chi connectivity index (χ0n) is 20.4. The third kappa shape index (κ3) is 4.00. The van der Waals surface area contributed by atoms with Gasteiger partial charge < -0.3 is 4.42 Å². The van der Waals surface area contributed by atoms with E-state index in [0.29, 0.717) is 23.4 Å². The molecule has 184 valence electrons. The molecule has 7 heteroatoms. The number of hydrogen-bond donors (Lipinski definition) is 0. The Hall–Kier alpha value is -4.72. The maximum atomic E-state index is 5.96. The Morgan fingerprint density at radius 3 is 1.64 bits per heavy atom. The van der Waals surface area contributed by atoms with E-state index in [4.69, 9.17) is 19.4 Å². The summed E-state index contributed by atoms with van der Waals surface area (Å²) in [7, 11) is 0. The molecule has 4 aromatic heterocycles. The van der Waals surface area contributed by atoms with Gasteiger partial charge in [-0.2, -0.15) is 0 Å². The second-order valence-corrected chi connectivity index (χ2v) is 11.3. The first-order chi connectivity index (χ1) is 19.3. The summed E-state index contributed by atoms with van der Waals surface area (Å²) in [4.78, 5) is 21.5. The average molecular weight is 539 g/mol. The molecule has 5 nitrogen and oxygen atoms in total. The fourth-order valence-corrected chi connectivity index (χ4v) is 6.66. The predicted molar refractivity (Wildman–Crippen MR) is 160 cm³/mol. The van der Waals surface area contributed by atoms with Crippen LogP contribution in [0.2, 0.25) is 0 Å². The smallest absolute Gasteiger partial charge is 0.227 e. The van der Waals surface area contributed by atoms with Crippen LogP contribution in [-0.4, -0.2) is 19.9 Å². The van der Waals surface area contributed by atoms with Crippen LogP contribution < -0.4 is 0 Å². The predicted octanol–water partition coefficient (Wildman–Crippen LogP) is 9.11. The monoisotopic (exact) mass is 538 g/mol. The lowest BCUT2D eigenvalue weighted by atomic mass is 10.1. The van der Waals surface area contributed by atoms with E-state index in [0.717, 1.165) is 32.0 Å². The van der Waals surface area contributed by atoms with Gasteiger partial charge in [0, 0.05) is 20.5 Å². The third-order valence-corrected chi connectivity index (χ3v) is 8.84. The van der Waals surface area contributed by atoms with Crippen LogP contribution in [0.5, 0.6) is 0 Å². The summed E-state index contributed by atoms with van der Waals surface area (Å²) >= 11 is 3.39. The number of fused-ring (bicyclic) bond motifs is 3. The minimum Gasteiger partial charge on any atom is -0.436 e. The van der Waals surface area contributed by atoms with Crippen molar-refractivity contribution in [3.05, 3.63) is 109 Å². The topological polar surface area (TPSA) is 64.7 Å². The molecule has 0 aliphatic heterocycles. The van der Waals surface area contributed by atoms with E-state index in [1.807, 2.05) is 48.5 Å². The molecule has 0 aliphatic rings. The molecular formula is C32H18N4OS2. The van der Waals surface area contributed by atoms with Gasteiger partial charge in [-0.05, 0) is 59.3 Å². The standard InChI is InChI=1S/C32H18N4OS2/c1-5-11-25-21(7-1)17-27(38-25)30-34-29(35-31(36-30)28-18-22-8-2-6-12-26(22)39-28)19-13-15-20(16-14-19)32-33-23-9-3-4-10-24(23)37-32/h1-18H. The summed E-state index contributed by atoms with van der Waals surface area (Å²) < 4.78 is 8.38. The van der Waals surface area contributed by atoms with Crippen LogP contribution >= 0.6 is 22.7 Å². The number of para-hydroxylation sites is 2. The quantitative estimate of drug-likeness (QED) is 0.224. The number of rotatable bonds is 4. The molecule has 0 fully saturated rings. The van der Waals surface area contributed by atoms with Gasteiger partial charge in [0.15, 0.2) is 23.1 Å². The molecule has 0 saturated heterocycles. The first-order valence-electron chi connectivity index (χ1n) is 12.5. The minimum atomic E-state index is 0.593. The van der Waals surface area contributed by atoms with Gasteiger partial charge in [0.05, 0.1) is 9.75 Å². The zero-order valence-corrected chi connectivity index (χ0v) is 22.0. The molecule has 4 aromatic carbocycles. The van der Waals surface area contributed by atoms with Gasteiger partial charge in [-0.3, -0.25) is 0 Å². The highest BCUT2D eigenvalue weighted by atomic mass is 32.1. The van der Waals surface area contributed by atoms with Gasteiger partial charge in [0.25, 0.3) is 0 Å². The summed E-state index contributed by atoms with van der Waals surface area (Å²) in [6.07, 6.45) is 0. The van der Waals surface area contributed by atoms with Crippen LogP contribution in [0.15, 0.2) is 114 Å². The molecule has 0 amide bonds. The fourth-order valence-electron chi connectivity index (χ4n) is 4.67. The Balaban J connectivity index is 1.25. The number of hydrogen-bond acceptors (Lipinski definition) is 7. The second-order valence-electron chi connectivity index (χ2n) is 9.17. The van der Waals surface area contributed by atoms with E-state index in [9.17, 15) is 0 Å². The van der Waals surface area contributed by atoms with Gasteiger partial charge in [0.2, 0.25) is 5.89 Å². The lowest BCUT2D eigenvalue weighted by Gasteiger charge is -2.06. The maximum Gasteiger partial charge on any atom is 0.227 e. The number of thiophene rings is 2. The van der Waals surface area contributed by atoms with Crippen LogP contribution in [0.3, 0.4) is 0 Å². The Bertz CT molecular complexity index is 1950. The molecule has 8 aromatic rings. The van der Waals surface area contributed by atoms with E-state index in [-0.39, 0.29) is 0 Å². The van der Waals surface area contributed by atoms with Crippen molar-refractivity contribution in [3.8, 4) is 44.2 Å². The van der Waals surface area contributed by atoms with Crippen LogP contribution in [0.4, 0.5) is 0 Å². The van der Waals surface area contributed by atoms with Crippen LogP contribution in [0.1, 0.15) is 0 Å². The zero-order chi connectivity index (χ0) is 25.8. The summed E-state index contributed by atoms with van der Waals surface area (Å²) in [5, 5.41) is 2.37. The first kappa shape index (κ1) is 22.3. The highest BCUT2D eigenvalue weighted by molar-refractivity contribution is 7.22. The summed E-state index contributed by atoms with van der Waals surface area (Å²) in [6, 6.07) is 36.9. The third-order valence-electron chi connectivity index (χ3n) is 6.61. The molecule has 0 bridgehead atoms. The highest BCUT2D eigenvalue weighted by Crippen LogP contribution is 2.36. The largest absolute Gasteiger partial charge is 0.436 e. The number of aromatic nitrogens is 4. The number of nitrogens with zero attached hydrogens (tertiary/aromatic N) is 4. The maximum absolute atomic E-state index is 5.96. The molecule has 8 rings (SSSR count). The van der Waals surface area contributed by atoms with Crippen molar-refractivity contribution in [2.75, 3.05) is 0 Å². The van der Waals surface area contributed by atoms with Gasteiger partial charge in [0.1, 0.15) is 5.52 Å². The molecule has 0 saturated carbocycles. The van der Waals surface area contributed by atoms with E-state index in [1.165, 1.54) is 20.2 Å². The molecule has 4 heterocycles. The van der Waals surface area contributed by atoms with Crippen LogP contribution in [0, 0.1) is 0 Å². The summed E-state index contributed by atoms with van der Waals surface area (Å²) in [5.41, 5.74) is 3.42. The van der Waals surface area contributed by atoms with Crippen molar-refractivity contribution < 1.29 is 4.42 Å². The van der Waals surface area contributed by atoms with Crippen LogP contribution in [0.25, 0.3) is 75.5 Å². The van der Waals surface area contributed by atoms with Gasteiger partial charge in [-0.1, -0.05) is 60.7 Å². The van der Waals surface area contributed by atoms with E-state index in [2.05, 4.69) is 65.6 Å². The molecule has 0 unspecified atom stereocenters. The van der Waals surface area contributed by atoms with E-state index >= 15 is 0 Å². The molecule has 0 aliphatic carbocycles. The molecule has 0 atom stereocenters. The average Bonchev–Trinajstić information content (AvgIpc) is 3.73. The Morgan fingerprint density at radius 1 is 0.487 bits per heavy atom. The van der Waals surface area contributed by atoms with Gasteiger partial charge in [-0.15, -0.1) is 22.7 Å². The Kier molecular flexibility index (Phi) is 5.11. The minimum absolute atomic E-state index is 0.593. The van der Waals surface area contributed by atoms with E-state index in [1.54, 1.807) is 22.7 Å². The molecule has 0 N–H and O–H groups in total. The van der Waals surface area contributed by atoms with Gasteiger partial charge in [-0.25, -0.2) is 19.9 Å². The normalized spacial score (nSPS) is 11.6. The van der Waals surface area contributed by atoms with Gasteiger partial charge >= 0.3 is 0 Å². The number of oxazole rings is 1. The van der Waals surface area contributed by atoms with Crippen molar-refractivity contribution in [3.63, 3.8) is 0 Å². The Labute approximate surface area is 231 Å². The van der Waals surface area contributed by atoms with Crippen molar-refractivity contribution in [1.82, 2.24) is 19.9 Å². The molecule has 0 spiro atoms. The lowest BCUT2D eigenvalue weighted by molar-refractivity contribution is 0.620. The van der Waals surface area contributed by atoms with Crippen molar-refractivity contribution in [2.24, 2.45) is 0 Å². The molecular weight excluding hydrogens is 521 g/mol. The first-order valence-corrected chi connectivity index (χ1v) is 14.1. The van der Waals surface area contributed by atoms with Crippen molar-refractivity contribution >= 4 is 53.9 Å². The summed E-state index contributed by atoms with van der Waals surface area (Å²) in [6.45, 7) is 0. The fraction of sp³-hybridized carbons (Fsp3) is 0. The Morgan fingerprint density at radius 2 is 1.03 bits per heavy atom. The van der Waals surface area contributed by atoms with Crippen molar-refractivity contribution in [2.45, 2.75) is 0 Å². The lowest BCUT2D eigenvalue weighted by Crippen LogP contribution is -1.98. The second kappa shape index (κ2) is 8.94. The summed E-state index contributed by atoms with van der Waals surface area (Å²) in [5.74, 6) is 2.58. The molecule has 39 heavy (non-hydrogen) atoms. The highest BCUT2D eigenvalue weighted by Gasteiger charge is 2.16. The van der Waals surface area contributed by atoms with E-state index < -0.39 is 0 Å². The van der Waals surface area contributed by atoms with Crippen LogP contribution in [-0.2, 0) is 0 Å². The SMILES string of the molecule is c1ccc2sc(-c3nc(-c4ccc(-c5nc6ccccc6o5)cc4)nc(-c4cc5ccccc5s4)n3)cc2c1. The number of benzene rings is 4. The van der Waals surface area contributed by atoms with Crippen molar-refractivity contribution in [1.29, 1.82) is 0 Å². The molecule has 0 radical (unpaired) electrons.